The Labute approximate surface area is 114 Å². The summed E-state index contributed by atoms with van der Waals surface area (Å²) in [5, 5.41) is 0. The quantitative estimate of drug-likeness (QED) is 0.776. The summed E-state index contributed by atoms with van der Waals surface area (Å²) >= 11 is 5.68. The molecule has 0 saturated heterocycles. The molecule has 0 aliphatic rings. The van der Waals surface area contributed by atoms with Crippen molar-refractivity contribution in [2.45, 2.75) is 32.5 Å². The fourth-order valence-corrected chi connectivity index (χ4v) is 2.22. The van der Waals surface area contributed by atoms with Gasteiger partial charge in [0, 0.05) is 18.8 Å². The Hall–Kier alpha value is -1.23. The number of aryl methyl sites for hydroxylation is 3. The molecule has 0 saturated carbocycles. The van der Waals surface area contributed by atoms with Crippen LogP contribution in [0, 0.1) is 6.92 Å². The van der Waals surface area contributed by atoms with Gasteiger partial charge in [0.1, 0.15) is 5.82 Å². The van der Waals surface area contributed by atoms with Crippen molar-refractivity contribution in [1.29, 1.82) is 0 Å². The maximum atomic E-state index is 12.4. The smallest absolute Gasteiger partial charge is 0.328 e. The number of alkyl halides is 4. The number of hydrogen-bond acceptors (Lipinski definition) is 1. The van der Waals surface area contributed by atoms with Crippen molar-refractivity contribution in [3.63, 3.8) is 0 Å². The van der Waals surface area contributed by atoms with Crippen LogP contribution in [0.3, 0.4) is 0 Å². The van der Waals surface area contributed by atoms with Crippen LogP contribution in [0.15, 0.2) is 18.2 Å². The summed E-state index contributed by atoms with van der Waals surface area (Å²) < 4.78 is 38.7. The number of halogens is 4. The first-order chi connectivity index (χ1) is 8.90. The van der Waals surface area contributed by atoms with E-state index in [1.165, 1.54) is 0 Å². The average molecular weight is 291 g/mol. The molecule has 0 fully saturated rings. The Morgan fingerprint density at radius 2 is 2.05 bits per heavy atom. The van der Waals surface area contributed by atoms with Gasteiger partial charge in [-0.05, 0) is 24.6 Å². The van der Waals surface area contributed by atoms with E-state index in [2.05, 4.69) is 4.98 Å². The number of imidazole rings is 1. The zero-order chi connectivity index (χ0) is 14.0. The predicted molar refractivity (Wildman–Crippen MR) is 69.6 cm³/mol. The number of fused-ring (bicyclic) bond motifs is 1. The summed E-state index contributed by atoms with van der Waals surface area (Å²) in [5.41, 5.74) is 2.49. The lowest BCUT2D eigenvalue weighted by Gasteiger charge is -2.10. The Balaban J connectivity index is 2.40. The summed E-state index contributed by atoms with van der Waals surface area (Å²) in [5.74, 6) is 0.953. The van der Waals surface area contributed by atoms with Gasteiger partial charge in [-0.15, -0.1) is 11.6 Å². The number of benzene rings is 1. The highest BCUT2D eigenvalue weighted by Crippen LogP contribution is 2.24. The first-order valence-corrected chi connectivity index (χ1v) is 6.52. The highest BCUT2D eigenvalue weighted by Gasteiger charge is 2.27. The van der Waals surface area contributed by atoms with Crippen LogP contribution in [-0.4, -0.2) is 21.6 Å². The molecule has 1 heterocycles. The normalized spacial score (nSPS) is 12.3. The second-order valence-corrected chi connectivity index (χ2v) is 4.85. The molecule has 0 amide bonds. The van der Waals surface area contributed by atoms with Gasteiger partial charge in [0.2, 0.25) is 0 Å². The van der Waals surface area contributed by atoms with Gasteiger partial charge in [-0.2, -0.15) is 13.2 Å². The third kappa shape index (κ3) is 3.41. The Kier molecular flexibility index (Phi) is 4.04. The molecule has 19 heavy (non-hydrogen) atoms. The number of aromatic nitrogens is 2. The van der Waals surface area contributed by atoms with Gasteiger partial charge < -0.3 is 4.57 Å². The highest BCUT2D eigenvalue weighted by atomic mass is 35.5. The van der Waals surface area contributed by atoms with Crippen LogP contribution < -0.4 is 0 Å². The summed E-state index contributed by atoms with van der Waals surface area (Å²) in [7, 11) is 0. The van der Waals surface area contributed by atoms with Crippen molar-refractivity contribution in [3.05, 3.63) is 29.6 Å². The first kappa shape index (κ1) is 14.2. The molecule has 0 unspecified atom stereocenters. The maximum absolute atomic E-state index is 12.4. The molecular formula is C13H14ClF3N2. The van der Waals surface area contributed by atoms with E-state index in [9.17, 15) is 13.2 Å². The zero-order valence-electron chi connectivity index (χ0n) is 10.5. The van der Waals surface area contributed by atoms with E-state index in [1.807, 2.05) is 25.1 Å². The van der Waals surface area contributed by atoms with Gasteiger partial charge in [-0.3, -0.25) is 0 Å². The van der Waals surface area contributed by atoms with Crippen LogP contribution >= 0.6 is 11.6 Å². The zero-order valence-corrected chi connectivity index (χ0v) is 11.2. The molecule has 0 aliphatic carbocycles. The van der Waals surface area contributed by atoms with Gasteiger partial charge in [-0.25, -0.2) is 4.98 Å². The van der Waals surface area contributed by atoms with Gasteiger partial charge in [0.25, 0.3) is 0 Å². The van der Waals surface area contributed by atoms with E-state index in [0.717, 1.165) is 16.6 Å². The maximum Gasteiger partial charge on any atom is 0.390 e. The summed E-state index contributed by atoms with van der Waals surface area (Å²) in [6.45, 7) is 1.81. The molecule has 0 atom stereocenters. The number of rotatable bonds is 4. The van der Waals surface area contributed by atoms with Crippen LogP contribution in [0.25, 0.3) is 11.0 Å². The van der Waals surface area contributed by atoms with E-state index < -0.39 is 12.6 Å². The highest BCUT2D eigenvalue weighted by molar-refractivity contribution is 6.17. The van der Waals surface area contributed by atoms with E-state index in [0.29, 0.717) is 18.1 Å². The van der Waals surface area contributed by atoms with Crippen molar-refractivity contribution in [1.82, 2.24) is 9.55 Å². The van der Waals surface area contributed by atoms with Gasteiger partial charge in [-0.1, -0.05) is 6.07 Å². The molecule has 1 aromatic carbocycles. The molecule has 2 nitrogen and oxygen atoms in total. The second kappa shape index (κ2) is 5.41. The van der Waals surface area contributed by atoms with Gasteiger partial charge in [0.05, 0.1) is 17.5 Å². The Morgan fingerprint density at radius 1 is 1.32 bits per heavy atom. The second-order valence-electron chi connectivity index (χ2n) is 4.48. The lowest BCUT2D eigenvalue weighted by Crippen LogP contribution is -2.14. The molecule has 6 heteroatoms. The molecule has 104 valence electrons. The molecule has 0 bridgehead atoms. The van der Waals surface area contributed by atoms with Crippen LogP contribution in [0.4, 0.5) is 13.2 Å². The van der Waals surface area contributed by atoms with Gasteiger partial charge in [0.15, 0.2) is 0 Å². The third-order valence-electron chi connectivity index (χ3n) is 2.92. The van der Waals surface area contributed by atoms with Crippen molar-refractivity contribution in [2.24, 2.45) is 0 Å². The van der Waals surface area contributed by atoms with Crippen molar-refractivity contribution < 1.29 is 13.2 Å². The van der Waals surface area contributed by atoms with Crippen molar-refractivity contribution in [2.75, 3.05) is 5.88 Å². The SMILES string of the molecule is Cc1ccc2c(c1)nc(CCCl)n2CCC(F)(F)F. The molecule has 0 aliphatic heterocycles. The van der Waals surface area contributed by atoms with E-state index in [4.69, 9.17) is 11.6 Å². The first-order valence-electron chi connectivity index (χ1n) is 5.99. The lowest BCUT2D eigenvalue weighted by molar-refractivity contribution is -0.136. The topological polar surface area (TPSA) is 17.8 Å². The fourth-order valence-electron chi connectivity index (χ4n) is 2.05. The third-order valence-corrected chi connectivity index (χ3v) is 3.11. The summed E-state index contributed by atoms with van der Waals surface area (Å²) in [4.78, 5) is 4.38. The largest absolute Gasteiger partial charge is 0.390 e. The molecular weight excluding hydrogens is 277 g/mol. The van der Waals surface area contributed by atoms with Crippen LogP contribution in [0.5, 0.6) is 0 Å². The van der Waals surface area contributed by atoms with Crippen LogP contribution in [-0.2, 0) is 13.0 Å². The van der Waals surface area contributed by atoms with Gasteiger partial charge >= 0.3 is 6.18 Å². The average Bonchev–Trinajstić information content (AvgIpc) is 2.62. The molecule has 2 rings (SSSR count). The summed E-state index contributed by atoms with van der Waals surface area (Å²) in [6, 6.07) is 5.56. The fraction of sp³-hybridized carbons (Fsp3) is 0.462. The molecule has 1 aromatic heterocycles. The van der Waals surface area contributed by atoms with E-state index in [-0.39, 0.29) is 6.54 Å². The minimum Gasteiger partial charge on any atom is -0.328 e. The molecule has 0 radical (unpaired) electrons. The minimum absolute atomic E-state index is 0.116. The van der Waals surface area contributed by atoms with Crippen molar-refractivity contribution >= 4 is 22.6 Å². The standard InChI is InChI=1S/C13H14ClF3N2/c1-9-2-3-11-10(8-9)18-12(4-6-14)19(11)7-5-13(15,16)17/h2-3,8H,4-7H2,1H3. The molecule has 0 N–H and O–H groups in total. The minimum atomic E-state index is -4.17. The van der Waals surface area contributed by atoms with E-state index in [1.54, 1.807) is 4.57 Å². The van der Waals surface area contributed by atoms with Crippen molar-refractivity contribution in [3.8, 4) is 0 Å². The predicted octanol–water partition coefficient (Wildman–Crippen LogP) is 4.08. The Bertz CT molecular complexity index is 575. The van der Waals surface area contributed by atoms with E-state index >= 15 is 0 Å². The monoisotopic (exact) mass is 290 g/mol. The van der Waals surface area contributed by atoms with Crippen LogP contribution in [0.1, 0.15) is 17.8 Å². The van der Waals surface area contributed by atoms with Crippen LogP contribution in [0.2, 0.25) is 0 Å². The lowest BCUT2D eigenvalue weighted by atomic mass is 10.2. The number of hydrogen-bond donors (Lipinski definition) is 0. The summed E-state index contributed by atoms with van der Waals surface area (Å²) in [6.07, 6.45) is -4.56. The molecule has 2 aromatic rings. The number of nitrogens with zero attached hydrogens (tertiary/aromatic N) is 2. The molecule has 0 spiro atoms. The Morgan fingerprint density at radius 3 is 2.68 bits per heavy atom.